The van der Waals surface area contributed by atoms with Crippen molar-refractivity contribution in [2.24, 2.45) is 9.98 Å². The summed E-state index contributed by atoms with van der Waals surface area (Å²) >= 11 is 0. The van der Waals surface area contributed by atoms with Gasteiger partial charge in [-0.2, -0.15) is 4.99 Å². The molecule has 0 aliphatic carbocycles. The van der Waals surface area contributed by atoms with Crippen LogP contribution in [0.2, 0.25) is 0 Å². The fraction of sp³-hybridized carbons (Fsp3) is 0.0204. The van der Waals surface area contributed by atoms with Gasteiger partial charge in [-0.3, -0.25) is 4.57 Å². The lowest BCUT2D eigenvalue weighted by Crippen LogP contribution is -2.35. The van der Waals surface area contributed by atoms with Crippen molar-refractivity contribution in [3.05, 3.63) is 187 Å². The van der Waals surface area contributed by atoms with Crippen LogP contribution in [0, 0.1) is 0 Å². The lowest BCUT2D eigenvalue weighted by Gasteiger charge is -2.24. The van der Waals surface area contributed by atoms with Gasteiger partial charge in [0.15, 0.2) is 0 Å². The Hall–Kier alpha value is -7.44. The predicted molar refractivity (Wildman–Crippen MR) is 227 cm³/mol. The second kappa shape index (κ2) is 11.5. The minimum atomic E-state index is -0.397. The van der Waals surface area contributed by atoms with E-state index >= 15 is 0 Å². The first-order valence-electron chi connectivity index (χ1n) is 18.6. The van der Waals surface area contributed by atoms with E-state index in [1.165, 1.54) is 21.5 Å². The van der Waals surface area contributed by atoms with Gasteiger partial charge in [-0.15, -0.1) is 0 Å². The van der Waals surface area contributed by atoms with Crippen molar-refractivity contribution in [2.45, 2.75) is 6.17 Å². The average molecular weight is 706 g/mol. The Morgan fingerprint density at radius 2 is 1.05 bits per heavy atom. The molecule has 1 aliphatic rings. The summed E-state index contributed by atoms with van der Waals surface area (Å²) in [4.78, 5) is 10.7. The van der Waals surface area contributed by atoms with Crippen LogP contribution in [0.15, 0.2) is 190 Å². The highest BCUT2D eigenvalue weighted by Crippen LogP contribution is 2.39. The third kappa shape index (κ3) is 4.49. The number of furan rings is 1. The molecule has 8 aromatic carbocycles. The molecule has 1 aliphatic heterocycles. The number of rotatable bonds is 3. The summed E-state index contributed by atoms with van der Waals surface area (Å²) in [7, 11) is 0. The Balaban J connectivity index is 1.17. The van der Waals surface area contributed by atoms with E-state index in [4.69, 9.17) is 14.4 Å². The second-order valence-corrected chi connectivity index (χ2v) is 14.3. The molecule has 0 saturated heterocycles. The van der Waals surface area contributed by atoms with Gasteiger partial charge in [-0.1, -0.05) is 127 Å². The number of benzene rings is 8. The van der Waals surface area contributed by atoms with Crippen LogP contribution in [-0.2, 0) is 0 Å². The number of aliphatic imine (C=N–C) groups is 2. The van der Waals surface area contributed by atoms with Crippen LogP contribution in [0.25, 0.3) is 82.0 Å². The quantitative estimate of drug-likeness (QED) is 0.199. The van der Waals surface area contributed by atoms with Crippen LogP contribution in [0.3, 0.4) is 0 Å². The number of amidine groups is 1. The maximum Gasteiger partial charge on any atom is 0.234 e. The molecule has 258 valence electrons. The molecular formula is C49H31N5O. The zero-order valence-electron chi connectivity index (χ0n) is 29.5. The molecule has 1 atom stereocenters. The molecule has 0 spiro atoms. The Labute approximate surface area is 314 Å². The van der Waals surface area contributed by atoms with Gasteiger partial charge in [-0.05, 0) is 64.9 Å². The van der Waals surface area contributed by atoms with E-state index in [2.05, 4.69) is 172 Å². The lowest BCUT2D eigenvalue weighted by molar-refractivity contribution is 0.657. The van der Waals surface area contributed by atoms with Crippen molar-refractivity contribution < 1.29 is 4.42 Å². The van der Waals surface area contributed by atoms with E-state index in [0.717, 1.165) is 71.6 Å². The van der Waals surface area contributed by atoms with Gasteiger partial charge in [-0.25, -0.2) is 4.99 Å². The summed E-state index contributed by atoms with van der Waals surface area (Å²) in [5, 5.41) is 13.0. The average Bonchev–Trinajstić information content (AvgIpc) is 3.90. The van der Waals surface area contributed by atoms with Crippen molar-refractivity contribution in [3.8, 4) is 5.69 Å². The molecule has 11 aromatic rings. The Kier molecular flexibility index (Phi) is 6.30. The maximum atomic E-state index is 6.77. The van der Waals surface area contributed by atoms with Crippen molar-refractivity contribution in [1.82, 2.24) is 14.5 Å². The third-order valence-electron chi connectivity index (χ3n) is 11.1. The van der Waals surface area contributed by atoms with Gasteiger partial charge >= 0.3 is 0 Å². The number of hydrogen-bond donors (Lipinski definition) is 1. The molecule has 55 heavy (non-hydrogen) atoms. The molecule has 4 heterocycles. The molecule has 0 bridgehead atoms. The first-order chi connectivity index (χ1) is 27.3. The minimum absolute atomic E-state index is 0.397. The molecule has 1 unspecified atom stereocenters. The van der Waals surface area contributed by atoms with Crippen molar-refractivity contribution in [3.63, 3.8) is 0 Å². The molecule has 0 amide bonds. The molecule has 0 radical (unpaired) electrons. The SMILES string of the molecule is c1ccc(C2N=C(n3c4ccccc4c4ccccc43)N=C(c3cc(-n4c5ccccc5c5cc6ccccc6cc54)cc4c3oc3ccccc34)N2)cc1. The molecule has 3 aromatic heterocycles. The van der Waals surface area contributed by atoms with Crippen LogP contribution in [0.4, 0.5) is 0 Å². The van der Waals surface area contributed by atoms with Crippen molar-refractivity contribution in [1.29, 1.82) is 0 Å². The Morgan fingerprint density at radius 3 is 1.78 bits per heavy atom. The smallest absolute Gasteiger partial charge is 0.234 e. The van der Waals surface area contributed by atoms with Gasteiger partial charge in [0.1, 0.15) is 23.2 Å². The molecule has 0 fully saturated rings. The summed E-state index contributed by atoms with van der Waals surface area (Å²) in [6, 6.07) is 62.1. The summed E-state index contributed by atoms with van der Waals surface area (Å²) in [6.07, 6.45) is -0.397. The number of aromatic nitrogens is 2. The Morgan fingerprint density at radius 1 is 0.473 bits per heavy atom. The first-order valence-corrected chi connectivity index (χ1v) is 18.6. The number of nitrogens with zero attached hydrogens (tertiary/aromatic N) is 4. The molecule has 1 N–H and O–H groups in total. The molecule has 0 saturated carbocycles. The maximum absolute atomic E-state index is 6.77. The Bertz CT molecular complexity index is 3360. The van der Waals surface area contributed by atoms with Crippen molar-refractivity contribution >= 4 is 88.1 Å². The summed E-state index contributed by atoms with van der Waals surface area (Å²) in [5.74, 6) is 1.30. The van der Waals surface area contributed by atoms with Gasteiger partial charge in [0.25, 0.3) is 0 Å². The number of fused-ring (bicyclic) bond motifs is 10. The van der Waals surface area contributed by atoms with E-state index in [9.17, 15) is 0 Å². The molecular weight excluding hydrogens is 675 g/mol. The van der Waals surface area contributed by atoms with Crippen LogP contribution in [0.1, 0.15) is 17.3 Å². The zero-order chi connectivity index (χ0) is 36.0. The van der Waals surface area contributed by atoms with Crippen LogP contribution in [0.5, 0.6) is 0 Å². The molecule has 12 rings (SSSR count). The molecule has 6 nitrogen and oxygen atoms in total. The lowest BCUT2D eigenvalue weighted by atomic mass is 10.0. The standard InChI is InChI=1S/C49H31N5O/c1-2-14-30(15-3-1)47-50-48(52-49(51-47)54-42-23-11-6-18-34(42)35-19-7-12-24-43(35)54)40-29-33(28-39-37-21-9-13-25-45(37)55-46(39)40)53-41-22-10-8-20-36(41)38-26-31-16-4-5-17-32(31)27-44(38)53/h1-29,47H,(H,50,51,52). The topological polar surface area (TPSA) is 59.8 Å². The summed E-state index contributed by atoms with van der Waals surface area (Å²) < 4.78 is 11.4. The van der Waals surface area contributed by atoms with Crippen LogP contribution < -0.4 is 5.32 Å². The van der Waals surface area contributed by atoms with Crippen LogP contribution in [-0.4, -0.2) is 20.9 Å². The second-order valence-electron chi connectivity index (χ2n) is 14.3. The van der Waals surface area contributed by atoms with Crippen LogP contribution >= 0.6 is 0 Å². The highest BCUT2D eigenvalue weighted by atomic mass is 16.3. The predicted octanol–water partition coefficient (Wildman–Crippen LogP) is 11.9. The van der Waals surface area contributed by atoms with Gasteiger partial charge in [0, 0.05) is 38.0 Å². The summed E-state index contributed by atoms with van der Waals surface area (Å²) in [6.45, 7) is 0. The first kappa shape index (κ1) is 30.1. The third-order valence-corrected chi connectivity index (χ3v) is 11.1. The minimum Gasteiger partial charge on any atom is -0.455 e. The van der Waals surface area contributed by atoms with E-state index < -0.39 is 6.17 Å². The van der Waals surface area contributed by atoms with Gasteiger partial charge in [0.2, 0.25) is 5.96 Å². The zero-order valence-corrected chi connectivity index (χ0v) is 29.5. The fourth-order valence-corrected chi connectivity index (χ4v) is 8.67. The largest absolute Gasteiger partial charge is 0.455 e. The van der Waals surface area contributed by atoms with E-state index in [-0.39, 0.29) is 0 Å². The molecule has 6 heteroatoms. The number of hydrogen-bond acceptors (Lipinski definition) is 4. The highest BCUT2D eigenvalue weighted by Gasteiger charge is 2.27. The van der Waals surface area contributed by atoms with Gasteiger partial charge < -0.3 is 14.3 Å². The number of para-hydroxylation sites is 4. The van der Waals surface area contributed by atoms with E-state index in [1.807, 2.05) is 18.2 Å². The van der Waals surface area contributed by atoms with Gasteiger partial charge in [0.05, 0.1) is 27.6 Å². The number of nitrogens with one attached hydrogen (secondary N) is 1. The monoisotopic (exact) mass is 705 g/mol. The summed E-state index contributed by atoms with van der Waals surface area (Å²) in [5.41, 5.74) is 8.93. The normalized spacial score (nSPS) is 14.7. The fourth-order valence-electron chi connectivity index (χ4n) is 8.67. The van der Waals surface area contributed by atoms with E-state index in [1.54, 1.807) is 0 Å². The van der Waals surface area contributed by atoms with E-state index in [0.29, 0.717) is 11.8 Å². The highest BCUT2D eigenvalue weighted by molar-refractivity contribution is 6.21. The van der Waals surface area contributed by atoms with Crippen molar-refractivity contribution in [2.75, 3.05) is 0 Å².